The number of pyridine rings is 1. The summed E-state index contributed by atoms with van der Waals surface area (Å²) in [6.45, 7) is 0. The molecule has 1 N–H and O–H groups in total. The van der Waals surface area contributed by atoms with E-state index in [9.17, 15) is 9.59 Å². The number of esters is 1. The lowest BCUT2D eigenvalue weighted by Crippen LogP contribution is -2.14. The van der Waals surface area contributed by atoms with Gasteiger partial charge in [0.15, 0.2) is 0 Å². The van der Waals surface area contributed by atoms with Crippen molar-refractivity contribution in [3.63, 3.8) is 0 Å². The van der Waals surface area contributed by atoms with Crippen molar-refractivity contribution in [1.82, 2.24) is 4.98 Å². The number of aromatic nitrogens is 1. The molecule has 3 rings (SSSR count). The van der Waals surface area contributed by atoms with Crippen LogP contribution in [0, 0.1) is 0 Å². The summed E-state index contributed by atoms with van der Waals surface area (Å²) in [6, 6.07) is 11.0. The predicted molar refractivity (Wildman–Crippen MR) is 106 cm³/mol. The van der Waals surface area contributed by atoms with Crippen molar-refractivity contribution < 1.29 is 14.3 Å². The molecule has 0 saturated carbocycles. The van der Waals surface area contributed by atoms with Crippen LogP contribution in [0.4, 0.5) is 5.69 Å². The fourth-order valence-electron chi connectivity index (χ4n) is 2.34. The van der Waals surface area contributed by atoms with Crippen LogP contribution in [0.2, 0.25) is 5.02 Å². The third-order valence-corrected chi connectivity index (χ3v) is 5.91. The smallest absolute Gasteiger partial charge is 0.350 e. The quantitative estimate of drug-likeness (QED) is 0.467. The van der Waals surface area contributed by atoms with Gasteiger partial charge in [-0.1, -0.05) is 23.7 Å². The number of benzene rings is 1. The van der Waals surface area contributed by atoms with Crippen molar-refractivity contribution in [3.05, 3.63) is 52.5 Å². The predicted octanol–water partition coefficient (Wildman–Crippen LogP) is 4.86. The number of thiophene rings is 1. The van der Waals surface area contributed by atoms with Gasteiger partial charge in [-0.3, -0.25) is 4.79 Å². The summed E-state index contributed by atoms with van der Waals surface area (Å²) in [5.41, 5.74) is 0.412. The molecule has 0 fully saturated rings. The normalized spacial score (nSPS) is 10.7. The van der Waals surface area contributed by atoms with Gasteiger partial charge in [0.05, 0.1) is 22.8 Å². The average molecular weight is 407 g/mol. The molecule has 0 atom stereocenters. The van der Waals surface area contributed by atoms with Crippen LogP contribution in [0.25, 0.3) is 10.1 Å². The Hall–Kier alpha value is -2.09. The van der Waals surface area contributed by atoms with Crippen molar-refractivity contribution in [1.29, 1.82) is 0 Å². The number of methoxy groups -OCH3 is 1. The Morgan fingerprint density at radius 1 is 1.27 bits per heavy atom. The maximum absolute atomic E-state index is 12.4. The molecule has 5 nitrogen and oxygen atoms in total. The zero-order valence-corrected chi connectivity index (χ0v) is 16.2. The van der Waals surface area contributed by atoms with Crippen molar-refractivity contribution in [2.45, 2.75) is 11.4 Å². The summed E-state index contributed by atoms with van der Waals surface area (Å²) in [7, 11) is 1.31. The maximum Gasteiger partial charge on any atom is 0.350 e. The van der Waals surface area contributed by atoms with Crippen LogP contribution in [-0.2, 0) is 9.53 Å². The second-order valence-corrected chi connectivity index (χ2v) is 7.80. The number of amides is 1. The van der Waals surface area contributed by atoms with Gasteiger partial charge >= 0.3 is 5.97 Å². The Labute approximate surface area is 163 Å². The molecule has 0 unspecified atom stereocenters. The standard InChI is InChI=1S/C18H15ClN2O3S2/c1-24-18(23)17-16(15-11(19)5-4-6-12(15)26-17)21-13(22)8-10-25-14-7-2-3-9-20-14/h2-7,9H,8,10H2,1H3,(H,21,22). The van der Waals surface area contributed by atoms with Gasteiger partial charge in [0.2, 0.25) is 5.91 Å². The number of carbonyl (C=O) groups excluding carboxylic acids is 2. The average Bonchev–Trinajstić information content (AvgIpc) is 3.01. The summed E-state index contributed by atoms with van der Waals surface area (Å²) in [4.78, 5) is 29.0. The lowest BCUT2D eigenvalue weighted by atomic mass is 10.2. The number of thioether (sulfide) groups is 1. The molecule has 0 spiro atoms. The zero-order chi connectivity index (χ0) is 18.5. The lowest BCUT2D eigenvalue weighted by Gasteiger charge is -2.07. The molecule has 0 aliphatic heterocycles. The number of nitrogens with one attached hydrogen (secondary N) is 1. The summed E-state index contributed by atoms with van der Waals surface area (Å²) in [5, 5.41) is 4.83. The highest BCUT2D eigenvalue weighted by Gasteiger charge is 2.22. The zero-order valence-electron chi connectivity index (χ0n) is 13.8. The Balaban J connectivity index is 1.76. The fourth-order valence-corrected chi connectivity index (χ4v) is 4.58. The molecule has 0 aliphatic carbocycles. The van der Waals surface area contributed by atoms with E-state index >= 15 is 0 Å². The highest BCUT2D eigenvalue weighted by atomic mass is 35.5. The first-order valence-corrected chi connectivity index (χ1v) is 9.91. The molecule has 0 bridgehead atoms. The van der Waals surface area contributed by atoms with E-state index in [1.165, 1.54) is 30.2 Å². The van der Waals surface area contributed by atoms with Crippen LogP contribution in [0.5, 0.6) is 0 Å². The first kappa shape index (κ1) is 18.7. The first-order valence-electron chi connectivity index (χ1n) is 7.73. The van der Waals surface area contributed by atoms with Crippen LogP contribution in [-0.4, -0.2) is 29.7 Å². The number of rotatable bonds is 6. The van der Waals surface area contributed by atoms with Gasteiger partial charge in [0, 0.05) is 28.5 Å². The summed E-state index contributed by atoms with van der Waals surface area (Å²) in [6.07, 6.45) is 1.99. The molecule has 26 heavy (non-hydrogen) atoms. The second-order valence-electron chi connectivity index (χ2n) is 5.23. The topological polar surface area (TPSA) is 68.3 Å². The molecule has 0 radical (unpaired) electrons. The minimum absolute atomic E-state index is 0.196. The molecule has 2 aromatic heterocycles. The third kappa shape index (κ3) is 4.17. The number of fused-ring (bicyclic) bond motifs is 1. The molecule has 2 heterocycles. The number of carbonyl (C=O) groups is 2. The molecular formula is C18H15ClN2O3S2. The van der Waals surface area contributed by atoms with Gasteiger partial charge in [-0.05, 0) is 24.3 Å². The minimum Gasteiger partial charge on any atom is -0.465 e. The van der Waals surface area contributed by atoms with Crippen LogP contribution in [0.15, 0.2) is 47.6 Å². The highest BCUT2D eigenvalue weighted by molar-refractivity contribution is 7.99. The molecule has 0 aliphatic rings. The molecule has 1 amide bonds. The van der Waals surface area contributed by atoms with Crippen LogP contribution >= 0.6 is 34.7 Å². The van der Waals surface area contributed by atoms with Gasteiger partial charge in [-0.2, -0.15) is 0 Å². The van der Waals surface area contributed by atoms with E-state index in [0.717, 1.165) is 9.73 Å². The van der Waals surface area contributed by atoms with Crippen molar-refractivity contribution in [2.75, 3.05) is 18.2 Å². The van der Waals surface area contributed by atoms with Gasteiger partial charge in [-0.25, -0.2) is 9.78 Å². The van der Waals surface area contributed by atoms with E-state index in [1.54, 1.807) is 18.3 Å². The number of nitrogens with zero attached hydrogens (tertiary/aromatic N) is 1. The number of halogens is 1. The molecule has 134 valence electrons. The number of anilines is 1. The summed E-state index contributed by atoms with van der Waals surface area (Å²) < 4.78 is 5.65. The summed E-state index contributed by atoms with van der Waals surface area (Å²) in [5.74, 6) is -0.120. The third-order valence-electron chi connectivity index (χ3n) is 3.52. The molecule has 1 aromatic carbocycles. The summed E-state index contributed by atoms with van der Waals surface area (Å²) >= 11 is 9.02. The Morgan fingerprint density at radius 2 is 2.12 bits per heavy atom. The number of ether oxygens (including phenoxy) is 1. The van der Waals surface area contributed by atoms with E-state index in [4.69, 9.17) is 16.3 Å². The Morgan fingerprint density at radius 3 is 2.85 bits per heavy atom. The molecular weight excluding hydrogens is 392 g/mol. The fraction of sp³-hybridized carbons (Fsp3) is 0.167. The minimum atomic E-state index is -0.500. The Bertz CT molecular complexity index is 944. The second kappa shape index (κ2) is 8.53. The monoisotopic (exact) mass is 406 g/mol. The van der Waals surface area contributed by atoms with Crippen LogP contribution in [0.3, 0.4) is 0 Å². The van der Waals surface area contributed by atoms with Crippen molar-refractivity contribution in [2.24, 2.45) is 0 Å². The van der Waals surface area contributed by atoms with E-state index in [1.807, 2.05) is 24.3 Å². The van der Waals surface area contributed by atoms with Crippen molar-refractivity contribution in [3.8, 4) is 0 Å². The van der Waals surface area contributed by atoms with E-state index < -0.39 is 5.97 Å². The largest absolute Gasteiger partial charge is 0.465 e. The highest BCUT2D eigenvalue weighted by Crippen LogP contribution is 2.40. The molecule has 0 saturated heterocycles. The SMILES string of the molecule is COC(=O)c1sc2cccc(Cl)c2c1NC(=O)CCSc1ccccn1. The van der Waals surface area contributed by atoms with Gasteiger partial charge in [0.25, 0.3) is 0 Å². The molecule has 8 heteroatoms. The van der Waals surface area contributed by atoms with Gasteiger partial charge < -0.3 is 10.1 Å². The van der Waals surface area contributed by atoms with Gasteiger partial charge in [0.1, 0.15) is 4.88 Å². The Kier molecular flexibility index (Phi) is 6.13. The van der Waals surface area contributed by atoms with Crippen LogP contribution < -0.4 is 5.32 Å². The van der Waals surface area contributed by atoms with E-state index in [0.29, 0.717) is 26.7 Å². The van der Waals surface area contributed by atoms with Gasteiger partial charge in [-0.15, -0.1) is 23.1 Å². The van der Waals surface area contributed by atoms with E-state index in [-0.39, 0.29) is 12.3 Å². The lowest BCUT2D eigenvalue weighted by molar-refractivity contribution is -0.115. The van der Waals surface area contributed by atoms with Crippen LogP contribution in [0.1, 0.15) is 16.1 Å². The maximum atomic E-state index is 12.4. The van der Waals surface area contributed by atoms with Crippen molar-refractivity contribution >= 4 is 62.3 Å². The first-order chi connectivity index (χ1) is 12.6. The number of hydrogen-bond acceptors (Lipinski definition) is 6. The van der Waals surface area contributed by atoms with E-state index in [2.05, 4.69) is 10.3 Å². The number of hydrogen-bond donors (Lipinski definition) is 1. The molecule has 3 aromatic rings.